The highest BCUT2D eigenvalue weighted by molar-refractivity contribution is 6.29. The third-order valence-corrected chi connectivity index (χ3v) is 7.99. The summed E-state index contributed by atoms with van der Waals surface area (Å²) < 4.78 is 0. The van der Waals surface area contributed by atoms with Gasteiger partial charge in [-0.15, -0.1) is 0 Å². The molecular formula is C27H40ClN7. The summed E-state index contributed by atoms with van der Waals surface area (Å²) in [6.07, 6.45) is 13.5. The molecule has 0 saturated carbocycles. The molecule has 6 N–H and O–H groups in total. The molecule has 3 fully saturated rings. The van der Waals surface area contributed by atoms with Crippen LogP contribution in [0.4, 0.5) is 5.69 Å². The summed E-state index contributed by atoms with van der Waals surface area (Å²) in [5, 5.41) is 0.199. The third kappa shape index (κ3) is 6.99. The maximum absolute atomic E-state index is 5.89. The summed E-state index contributed by atoms with van der Waals surface area (Å²) in [5.41, 5.74) is 20.7. The molecule has 4 rings (SSSR count). The smallest absolute Gasteiger partial charge is 0.118 e. The summed E-state index contributed by atoms with van der Waals surface area (Å²) >= 11 is 5.88. The highest BCUT2D eigenvalue weighted by Crippen LogP contribution is 2.43. The van der Waals surface area contributed by atoms with Gasteiger partial charge in [-0.1, -0.05) is 30.4 Å². The van der Waals surface area contributed by atoms with E-state index in [2.05, 4.69) is 43.7 Å². The summed E-state index contributed by atoms with van der Waals surface area (Å²) in [5.74, 6) is 6.93. The molecule has 0 atom stereocenters. The van der Waals surface area contributed by atoms with Crippen LogP contribution in [0.15, 0.2) is 41.1 Å². The van der Waals surface area contributed by atoms with Gasteiger partial charge in [0.25, 0.3) is 0 Å². The van der Waals surface area contributed by atoms with E-state index in [1.54, 1.807) is 6.08 Å². The predicted octanol–water partition coefficient (Wildman–Crippen LogP) is 3.12. The van der Waals surface area contributed by atoms with Gasteiger partial charge in [-0.05, 0) is 81.2 Å². The number of anilines is 1. The number of likely N-dealkylation sites (tertiary alicyclic amines) is 2. The summed E-state index contributed by atoms with van der Waals surface area (Å²) in [7, 11) is 0. The van der Waals surface area contributed by atoms with Crippen molar-refractivity contribution in [2.24, 2.45) is 22.6 Å². The zero-order valence-electron chi connectivity index (χ0n) is 20.8. The van der Waals surface area contributed by atoms with Crippen molar-refractivity contribution in [1.82, 2.24) is 14.8 Å². The van der Waals surface area contributed by atoms with Crippen molar-refractivity contribution in [3.05, 3.63) is 46.8 Å². The Morgan fingerprint density at radius 3 is 2.26 bits per heavy atom. The number of nitrogens with zero attached hydrogens (tertiary/aromatic N) is 4. The van der Waals surface area contributed by atoms with E-state index >= 15 is 0 Å². The Morgan fingerprint density at radius 1 is 0.971 bits per heavy atom. The zero-order valence-corrected chi connectivity index (χ0v) is 21.6. The third-order valence-electron chi connectivity index (χ3n) is 7.89. The number of halogens is 1. The lowest BCUT2D eigenvalue weighted by atomic mass is 9.71. The lowest BCUT2D eigenvalue weighted by Crippen LogP contribution is -2.47. The molecule has 35 heavy (non-hydrogen) atoms. The maximum Gasteiger partial charge on any atom is 0.118 e. The van der Waals surface area contributed by atoms with Gasteiger partial charge in [-0.3, -0.25) is 4.90 Å². The van der Waals surface area contributed by atoms with Crippen LogP contribution in [-0.4, -0.2) is 60.6 Å². The van der Waals surface area contributed by atoms with Crippen molar-refractivity contribution in [2.45, 2.75) is 51.4 Å². The highest BCUT2D eigenvalue weighted by Gasteiger charge is 2.38. The van der Waals surface area contributed by atoms with E-state index in [-0.39, 0.29) is 11.0 Å². The van der Waals surface area contributed by atoms with Gasteiger partial charge in [0.15, 0.2) is 0 Å². The van der Waals surface area contributed by atoms with Crippen molar-refractivity contribution >= 4 is 17.3 Å². The van der Waals surface area contributed by atoms with Crippen LogP contribution in [0.2, 0.25) is 0 Å². The van der Waals surface area contributed by atoms with Gasteiger partial charge in [0.2, 0.25) is 0 Å². The second kappa shape index (κ2) is 11.9. The van der Waals surface area contributed by atoms with Gasteiger partial charge in [0.1, 0.15) is 16.7 Å². The Bertz CT molecular complexity index is 959. The first kappa shape index (κ1) is 25.5. The molecule has 0 amide bonds. The number of allylic oxidation sites excluding steroid dienone is 1. The number of hydrogen-bond acceptors (Lipinski definition) is 7. The van der Waals surface area contributed by atoms with Crippen LogP contribution >= 0.6 is 11.6 Å². The fourth-order valence-corrected chi connectivity index (χ4v) is 5.77. The largest absolute Gasteiger partial charge is 0.389 e. The second-order valence-electron chi connectivity index (χ2n) is 10.2. The van der Waals surface area contributed by atoms with Crippen LogP contribution in [-0.2, 0) is 0 Å². The zero-order chi connectivity index (χ0) is 24.7. The van der Waals surface area contributed by atoms with E-state index in [0.717, 1.165) is 57.0 Å². The number of rotatable bonds is 4. The first-order chi connectivity index (χ1) is 16.9. The molecule has 0 bridgehead atoms. The quantitative estimate of drug-likeness (QED) is 0.334. The molecule has 0 aliphatic carbocycles. The molecule has 1 spiro atoms. The molecule has 7 nitrogen and oxygen atoms in total. The fraction of sp³-hybridized carbons (Fsp3) is 0.593. The maximum atomic E-state index is 5.89. The van der Waals surface area contributed by atoms with Gasteiger partial charge in [0.05, 0.1) is 12.2 Å². The number of nitrogens with two attached hydrogens (primary N) is 3. The van der Waals surface area contributed by atoms with Gasteiger partial charge in [-0.25, -0.2) is 4.98 Å². The molecule has 4 heterocycles. The summed E-state index contributed by atoms with van der Waals surface area (Å²) in [6.45, 7) is 7.13. The minimum atomic E-state index is 0.199. The van der Waals surface area contributed by atoms with E-state index in [9.17, 15) is 0 Å². The lowest BCUT2D eigenvalue weighted by molar-refractivity contribution is 0.0994. The number of hydrogen-bond donors (Lipinski definition) is 3. The number of pyridine rings is 1. The molecule has 0 radical (unpaired) electrons. The first-order valence-electron chi connectivity index (χ1n) is 13.0. The Labute approximate surface area is 215 Å². The SMILES string of the molecule is NC(N)=C(/C=C(\N)Cl)N1CCC2(CC1)CCN(c1ccnc(C#CCN3CCCCCC3)c1)CC2. The van der Waals surface area contributed by atoms with Crippen molar-refractivity contribution in [3.63, 3.8) is 0 Å². The average Bonchev–Trinajstić information content (AvgIpc) is 3.13. The molecule has 190 valence electrons. The van der Waals surface area contributed by atoms with E-state index in [0.29, 0.717) is 5.41 Å². The molecule has 8 heteroatoms. The van der Waals surface area contributed by atoms with Crippen LogP contribution in [0.25, 0.3) is 0 Å². The van der Waals surface area contributed by atoms with Crippen LogP contribution in [0, 0.1) is 17.3 Å². The van der Waals surface area contributed by atoms with Crippen molar-refractivity contribution in [1.29, 1.82) is 0 Å². The van der Waals surface area contributed by atoms with Crippen LogP contribution in [0.1, 0.15) is 57.1 Å². The monoisotopic (exact) mass is 497 g/mol. The van der Waals surface area contributed by atoms with Crippen molar-refractivity contribution in [3.8, 4) is 11.8 Å². The summed E-state index contributed by atoms with van der Waals surface area (Å²) in [4.78, 5) is 11.7. The van der Waals surface area contributed by atoms with E-state index in [4.69, 9.17) is 28.8 Å². The van der Waals surface area contributed by atoms with Crippen molar-refractivity contribution < 1.29 is 0 Å². The number of piperidine rings is 2. The first-order valence-corrected chi connectivity index (χ1v) is 13.4. The van der Waals surface area contributed by atoms with Gasteiger partial charge < -0.3 is 27.0 Å². The van der Waals surface area contributed by atoms with Crippen LogP contribution in [0.5, 0.6) is 0 Å². The van der Waals surface area contributed by atoms with Gasteiger partial charge >= 0.3 is 0 Å². The molecule has 3 aliphatic heterocycles. The topological polar surface area (TPSA) is 101 Å². The Kier molecular flexibility index (Phi) is 8.69. The standard InChI is InChI=1S/C27H40ClN7/c28-25(29)21-24(26(30)31)35-18-10-27(11-19-35)8-16-34(17-9-27)23-7-12-32-22(20-23)6-5-15-33-13-3-1-2-4-14-33/h7,12,20-21H,1-4,8-11,13-19,29-31H2/b25-21-. The number of aromatic nitrogens is 1. The Balaban J connectivity index is 1.30. The molecule has 3 aliphatic rings. The molecule has 3 saturated heterocycles. The highest BCUT2D eigenvalue weighted by atomic mass is 35.5. The molecular weight excluding hydrogens is 458 g/mol. The van der Waals surface area contributed by atoms with Gasteiger partial charge in [-0.2, -0.15) is 0 Å². The van der Waals surface area contributed by atoms with E-state index in [1.807, 2.05) is 6.20 Å². The van der Waals surface area contributed by atoms with Crippen LogP contribution < -0.4 is 22.1 Å². The molecule has 1 aromatic rings. The second-order valence-corrected chi connectivity index (χ2v) is 10.7. The van der Waals surface area contributed by atoms with E-state index in [1.165, 1.54) is 57.3 Å². The van der Waals surface area contributed by atoms with Crippen molar-refractivity contribution in [2.75, 3.05) is 50.7 Å². The normalized spacial score (nSPS) is 21.2. The minimum Gasteiger partial charge on any atom is -0.389 e. The summed E-state index contributed by atoms with van der Waals surface area (Å²) in [6, 6.07) is 4.27. The molecule has 0 aromatic carbocycles. The molecule has 0 unspecified atom stereocenters. The minimum absolute atomic E-state index is 0.199. The van der Waals surface area contributed by atoms with Gasteiger partial charge in [0, 0.05) is 38.1 Å². The van der Waals surface area contributed by atoms with E-state index < -0.39 is 0 Å². The lowest BCUT2D eigenvalue weighted by Gasteiger charge is -2.48. The Hall–Kier alpha value is -2.56. The fourth-order valence-electron chi connectivity index (χ4n) is 5.67. The average molecular weight is 498 g/mol. The van der Waals surface area contributed by atoms with Crippen LogP contribution in [0.3, 0.4) is 0 Å². The predicted molar refractivity (Wildman–Crippen MR) is 144 cm³/mol. The Morgan fingerprint density at radius 2 is 1.63 bits per heavy atom. The molecule has 1 aromatic heterocycles.